The zero-order valence-corrected chi connectivity index (χ0v) is 17.1. The van der Waals surface area contributed by atoms with E-state index in [1.54, 1.807) is 12.5 Å². The first-order valence-corrected chi connectivity index (χ1v) is 11.2. The summed E-state index contributed by atoms with van der Waals surface area (Å²) in [6, 6.07) is 4.61. The lowest BCUT2D eigenvalue weighted by Crippen LogP contribution is -2.62. The van der Waals surface area contributed by atoms with Gasteiger partial charge >= 0.3 is 0 Å². The highest BCUT2D eigenvalue weighted by atomic mass is 16.3. The number of ketones is 1. The normalized spacial score (nSPS) is 31.4. The number of phenolic OH excluding ortho intramolecular Hbond substituents is 1. The Labute approximate surface area is 171 Å². The smallest absolute Gasteiger partial charge is 0.133 e. The van der Waals surface area contributed by atoms with E-state index in [-0.39, 0.29) is 5.41 Å². The van der Waals surface area contributed by atoms with Crippen LogP contribution in [-0.2, 0) is 16.6 Å². The molecule has 3 atom stereocenters. The number of aryl methyl sites for hydroxylation is 1. The molecule has 0 radical (unpaired) electrons. The number of piperidine rings is 1. The number of aromatic hydroxyl groups is 1. The number of rotatable bonds is 3. The fourth-order valence-corrected chi connectivity index (χ4v) is 6.77. The van der Waals surface area contributed by atoms with Crippen molar-refractivity contribution in [3.8, 4) is 16.9 Å². The van der Waals surface area contributed by atoms with Crippen LogP contribution in [0.4, 0.5) is 0 Å². The predicted octanol–water partition coefficient (Wildman–Crippen LogP) is 4.61. The first-order chi connectivity index (χ1) is 14.1. The third-order valence-electron chi connectivity index (χ3n) is 8.27. The van der Waals surface area contributed by atoms with Crippen LogP contribution in [0, 0.1) is 18.8 Å². The molecule has 2 heterocycles. The Bertz CT molecular complexity index is 974. The first kappa shape index (κ1) is 17.8. The first-order valence-electron chi connectivity index (χ1n) is 11.2. The van der Waals surface area contributed by atoms with Gasteiger partial charge in [0.1, 0.15) is 11.5 Å². The molecule has 3 aliphatic carbocycles. The van der Waals surface area contributed by atoms with Crippen LogP contribution in [0.3, 0.4) is 0 Å². The minimum Gasteiger partial charge on any atom is -0.507 e. The molecule has 1 aromatic heterocycles. The van der Waals surface area contributed by atoms with E-state index in [2.05, 4.69) is 11.0 Å². The van der Waals surface area contributed by atoms with Crippen LogP contribution in [0.15, 0.2) is 29.1 Å². The molecule has 0 spiro atoms. The van der Waals surface area contributed by atoms with Crippen molar-refractivity contribution in [1.82, 2.24) is 4.90 Å². The number of benzene rings is 1. The number of Topliss-reactive ketones (excluding diaryl/α,β-unsaturated/α-hetero) is 1. The highest BCUT2D eigenvalue weighted by molar-refractivity contribution is 5.83. The number of hydrogen-bond acceptors (Lipinski definition) is 4. The van der Waals surface area contributed by atoms with Crippen molar-refractivity contribution in [3.63, 3.8) is 0 Å². The van der Waals surface area contributed by atoms with Crippen molar-refractivity contribution in [3.05, 3.63) is 41.3 Å². The Hall–Kier alpha value is -2.07. The highest BCUT2D eigenvalue weighted by Gasteiger charge is 2.57. The summed E-state index contributed by atoms with van der Waals surface area (Å²) in [6.07, 6.45) is 10.5. The zero-order valence-electron chi connectivity index (χ0n) is 17.1. The minimum absolute atomic E-state index is 0.192. The molecule has 4 heteroatoms. The number of likely N-dealkylation sites (tertiary alicyclic amines) is 1. The van der Waals surface area contributed by atoms with Crippen LogP contribution in [0.2, 0.25) is 0 Å². The van der Waals surface area contributed by atoms with E-state index in [9.17, 15) is 9.90 Å². The van der Waals surface area contributed by atoms with Crippen LogP contribution < -0.4 is 0 Å². The molecule has 2 saturated carbocycles. The van der Waals surface area contributed by atoms with Crippen molar-refractivity contribution in [2.24, 2.45) is 11.8 Å². The molecule has 2 bridgehead atoms. The Morgan fingerprint density at radius 1 is 1.31 bits per heavy atom. The second-order valence-corrected chi connectivity index (χ2v) is 9.93. The van der Waals surface area contributed by atoms with Gasteiger partial charge in [-0.05, 0) is 86.2 Å². The van der Waals surface area contributed by atoms with Gasteiger partial charge in [0, 0.05) is 42.0 Å². The summed E-state index contributed by atoms with van der Waals surface area (Å²) >= 11 is 0. The van der Waals surface area contributed by atoms with Gasteiger partial charge in [0.05, 0.1) is 12.5 Å². The number of carbonyl (C=O) groups excluding carboxylic acids is 1. The Balaban J connectivity index is 1.56. The molecule has 4 aliphatic rings. The zero-order chi connectivity index (χ0) is 19.8. The molecule has 29 heavy (non-hydrogen) atoms. The number of fused-ring (bicyclic) bond motifs is 1. The average Bonchev–Trinajstić information content (AvgIpc) is 3.35. The summed E-state index contributed by atoms with van der Waals surface area (Å²) in [7, 11) is 0. The molecule has 6 rings (SSSR count). The molecule has 1 aliphatic heterocycles. The van der Waals surface area contributed by atoms with E-state index in [0.29, 0.717) is 36.3 Å². The topological polar surface area (TPSA) is 53.7 Å². The lowest BCUT2D eigenvalue weighted by atomic mass is 9.51. The Morgan fingerprint density at radius 2 is 2.17 bits per heavy atom. The quantitative estimate of drug-likeness (QED) is 0.830. The van der Waals surface area contributed by atoms with Crippen molar-refractivity contribution >= 4 is 5.78 Å². The third kappa shape index (κ3) is 2.58. The van der Waals surface area contributed by atoms with E-state index >= 15 is 0 Å². The van der Waals surface area contributed by atoms with E-state index in [1.165, 1.54) is 30.5 Å². The lowest BCUT2D eigenvalue weighted by Gasteiger charge is -2.59. The summed E-state index contributed by atoms with van der Waals surface area (Å²) in [6.45, 7) is 4.25. The van der Waals surface area contributed by atoms with Gasteiger partial charge < -0.3 is 9.52 Å². The van der Waals surface area contributed by atoms with Gasteiger partial charge in [-0.3, -0.25) is 9.69 Å². The number of carbonyl (C=O) groups is 1. The van der Waals surface area contributed by atoms with Gasteiger partial charge in [-0.25, -0.2) is 0 Å². The minimum atomic E-state index is -0.192. The number of nitrogens with zero attached hydrogens (tertiary/aromatic N) is 1. The molecular formula is C25H29NO3. The summed E-state index contributed by atoms with van der Waals surface area (Å²) in [5, 5.41) is 11.3. The lowest BCUT2D eigenvalue weighted by molar-refractivity contribution is -0.127. The number of phenols is 1. The monoisotopic (exact) mass is 391 g/mol. The molecular weight excluding hydrogens is 362 g/mol. The fourth-order valence-electron chi connectivity index (χ4n) is 6.77. The van der Waals surface area contributed by atoms with E-state index < -0.39 is 0 Å². The van der Waals surface area contributed by atoms with Crippen LogP contribution in [0.5, 0.6) is 5.75 Å². The SMILES string of the molecule is Cc1cc(-c2ccoc2)c2c(c1O)C13CCN(CC4CC4)C(C2)C1CCC(=O)C3. The van der Waals surface area contributed by atoms with Crippen molar-refractivity contribution in [1.29, 1.82) is 0 Å². The molecule has 4 nitrogen and oxygen atoms in total. The molecule has 152 valence electrons. The van der Waals surface area contributed by atoms with Crippen molar-refractivity contribution in [2.75, 3.05) is 13.1 Å². The van der Waals surface area contributed by atoms with Crippen LogP contribution >= 0.6 is 0 Å². The molecule has 1 N–H and O–H groups in total. The average molecular weight is 392 g/mol. The van der Waals surface area contributed by atoms with Crippen LogP contribution in [-0.4, -0.2) is 34.9 Å². The maximum atomic E-state index is 12.7. The van der Waals surface area contributed by atoms with E-state index in [0.717, 1.165) is 48.4 Å². The van der Waals surface area contributed by atoms with Gasteiger partial charge in [-0.15, -0.1) is 0 Å². The van der Waals surface area contributed by atoms with E-state index in [1.807, 2.05) is 13.0 Å². The molecule has 3 fully saturated rings. The maximum absolute atomic E-state index is 12.7. The van der Waals surface area contributed by atoms with Crippen LogP contribution in [0.1, 0.15) is 55.2 Å². The summed E-state index contributed by atoms with van der Waals surface area (Å²) in [4.78, 5) is 15.4. The number of hydrogen-bond donors (Lipinski definition) is 1. The van der Waals surface area contributed by atoms with Crippen LogP contribution in [0.25, 0.3) is 11.1 Å². The standard InChI is InChI=1S/C25H29NO3/c1-15-10-19(17-6-9-29-14-17)20-11-22-21-5-4-18(27)12-25(21,23(20)24(15)28)7-8-26(22)13-16-2-3-16/h6,9-10,14,16,21-22,28H,2-5,7-8,11-13H2,1H3. The second kappa shape index (κ2) is 6.21. The highest BCUT2D eigenvalue weighted by Crippen LogP contribution is 2.59. The summed E-state index contributed by atoms with van der Waals surface area (Å²) < 4.78 is 5.40. The third-order valence-corrected chi connectivity index (χ3v) is 8.27. The van der Waals surface area contributed by atoms with Gasteiger partial charge in [0.25, 0.3) is 0 Å². The largest absolute Gasteiger partial charge is 0.507 e. The molecule has 3 unspecified atom stereocenters. The Kier molecular flexibility index (Phi) is 3.80. The molecule has 1 saturated heterocycles. The van der Waals surface area contributed by atoms with Crippen molar-refractivity contribution in [2.45, 2.75) is 63.3 Å². The van der Waals surface area contributed by atoms with Gasteiger partial charge in [0.15, 0.2) is 0 Å². The summed E-state index contributed by atoms with van der Waals surface area (Å²) in [5.41, 5.74) is 5.32. The van der Waals surface area contributed by atoms with Gasteiger partial charge in [0.2, 0.25) is 0 Å². The summed E-state index contributed by atoms with van der Waals surface area (Å²) in [5.74, 6) is 2.15. The van der Waals surface area contributed by atoms with Gasteiger partial charge in [-0.1, -0.05) is 0 Å². The fraction of sp³-hybridized carbons (Fsp3) is 0.560. The molecule has 0 amide bonds. The maximum Gasteiger partial charge on any atom is 0.133 e. The van der Waals surface area contributed by atoms with E-state index in [4.69, 9.17) is 4.42 Å². The van der Waals surface area contributed by atoms with Crippen molar-refractivity contribution < 1.29 is 14.3 Å². The molecule has 1 aromatic carbocycles. The number of furan rings is 1. The predicted molar refractivity (Wildman–Crippen MR) is 111 cm³/mol. The second-order valence-electron chi connectivity index (χ2n) is 9.93. The molecule has 2 aromatic rings. The van der Waals surface area contributed by atoms with Gasteiger partial charge in [-0.2, -0.15) is 0 Å². The Morgan fingerprint density at radius 3 is 2.93 bits per heavy atom.